The van der Waals surface area contributed by atoms with Crippen molar-refractivity contribution in [2.75, 3.05) is 13.1 Å². The molecular weight excluding hydrogens is 220 g/mol. The largest absolute Gasteiger partial charge is 0.330 e. The summed E-state index contributed by atoms with van der Waals surface area (Å²) in [5.74, 6) is 2.51. The summed E-state index contributed by atoms with van der Waals surface area (Å²) >= 11 is 0. The Balaban J connectivity index is 2.07. The maximum Gasteiger partial charge on any atom is 0.0141 e. The number of rotatable bonds is 4. The third-order valence-electron chi connectivity index (χ3n) is 5.48. The van der Waals surface area contributed by atoms with E-state index in [0.717, 1.165) is 36.4 Å². The fourth-order valence-electron chi connectivity index (χ4n) is 4.29. The minimum atomic E-state index is 0.757. The first kappa shape index (κ1) is 14.3. The summed E-state index contributed by atoms with van der Waals surface area (Å²) in [4.78, 5) is 2.84. The van der Waals surface area contributed by atoms with E-state index < -0.39 is 0 Å². The second-order valence-electron chi connectivity index (χ2n) is 6.84. The van der Waals surface area contributed by atoms with E-state index in [0.29, 0.717) is 0 Å². The smallest absolute Gasteiger partial charge is 0.0141 e. The van der Waals surface area contributed by atoms with Crippen LogP contribution in [0, 0.1) is 17.8 Å². The van der Waals surface area contributed by atoms with Crippen LogP contribution < -0.4 is 5.73 Å². The highest BCUT2D eigenvalue weighted by molar-refractivity contribution is 4.93. The molecule has 0 bridgehead atoms. The van der Waals surface area contributed by atoms with Gasteiger partial charge in [-0.15, -0.1) is 0 Å². The lowest BCUT2D eigenvalue weighted by atomic mass is 9.76. The number of nitrogens with two attached hydrogens (primary N) is 1. The number of hydrogen-bond acceptors (Lipinski definition) is 2. The number of hydrogen-bond donors (Lipinski definition) is 1. The molecule has 2 fully saturated rings. The van der Waals surface area contributed by atoms with Crippen LogP contribution in [0.25, 0.3) is 0 Å². The molecule has 1 aliphatic carbocycles. The molecule has 2 rings (SSSR count). The summed E-state index contributed by atoms with van der Waals surface area (Å²) in [6.07, 6.45) is 8.33. The van der Waals surface area contributed by atoms with Gasteiger partial charge in [-0.25, -0.2) is 0 Å². The van der Waals surface area contributed by atoms with Gasteiger partial charge in [-0.05, 0) is 56.5 Å². The van der Waals surface area contributed by atoms with E-state index in [1.165, 1.54) is 45.1 Å². The molecule has 0 aromatic carbocycles. The molecule has 1 saturated heterocycles. The van der Waals surface area contributed by atoms with Crippen molar-refractivity contribution in [3.63, 3.8) is 0 Å². The Bertz CT molecular complexity index is 251. The molecule has 1 heterocycles. The fraction of sp³-hybridized carbons (Fsp3) is 1.00. The van der Waals surface area contributed by atoms with Gasteiger partial charge in [0, 0.05) is 12.1 Å². The summed E-state index contributed by atoms with van der Waals surface area (Å²) in [6.45, 7) is 9.35. The maximum atomic E-state index is 6.04. The van der Waals surface area contributed by atoms with Crippen molar-refractivity contribution >= 4 is 0 Å². The van der Waals surface area contributed by atoms with Crippen molar-refractivity contribution in [3.05, 3.63) is 0 Å². The third kappa shape index (κ3) is 2.91. The molecule has 0 spiro atoms. The summed E-state index contributed by atoms with van der Waals surface area (Å²) in [6, 6.07) is 1.60. The number of likely N-dealkylation sites (tertiary alicyclic amines) is 1. The summed E-state index contributed by atoms with van der Waals surface area (Å²) in [7, 11) is 0. The van der Waals surface area contributed by atoms with E-state index >= 15 is 0 Å². The van der Waals surface area contributed by atoms with Gasteiger partial charge in [-0.2, -0.15) is 0 Å². The van der Waals surface area contributed by atoms with Crippen LogP contribution in [-0.4, -0.2) is 30.1 Å². The average Bonchev–Trinajstić information content (AvgIpc) is 2.87. The Morgan fingerprint density at radius 1 is 1.22 bits per heavy atom. The van der Waals surface area contributed by atoms with E-state index in [4.69, 9.17) is 5.73 Å². The van der Waals surface area contributed by atoms with Crippen LogP contribution in [0.3, 0.4) is 0 Å². The highest BCUT2D eigenvalue weighted by Gasteiger charge is 2.38. The van der Waals surface area contributed by atoms with Gasteiger partial charge in [0.2, 0.25) is 0 Å². The Kier molecular flexibility index (Phi) is 5.08. The van der Waals surface area contributed by atoms with Gasteiger partial charge in [0.05, 0.1) is 0 Å². The minimum absolute atomic E-state index is 0.757. The molecule has 4 atom stereocenters. The molecule has 1 aliphatic heterocycles. The van der Waals surface area contributed by atoms with Gasteiger partial charge in [0.1, 0.15) is 0 Å². The summed E-state index contributed by atoms with van der Waals surface area (Å²) in [5.41, 5.74) is 6.04. The van der Waals surface area contributed by atoms with Crippen LogP contribution >= 0.6 is 0 Å². The Morgan fingerprint density at radius 3 is 2.61 bits per heavy atom. The highest BCUT2D eigenvalue weighted by Crippen LogP contribution is 2.38. The first-order valence-corrected chi connectivity index (χ1v) is 8.13. The molecule has 2 N–H and O–H groups in total. The Labute approximate surface area is 113 Å². The zero-order valence-corrected chi connectivity index (χ0v) is 12.6. The lowest BCUT2D eigenvalue weighted by Gasteiger charge is -2.44. The van der Waals surface area contributed by atoms with Crippen LogP contribution in [0.1, 0.15) is 59.3 Å². The van der Waals surface area contributed by atoms with Crippen LogP contribution in [0.15, 0.2) is 0 Å². The van der Waals surface area contributed by atoms with Gasteiger partial charge in [0.15, 0.2) is 0 Å². The molecular formula is C16H32N2. The van der Waals surface area contributed by atoms with Crippen molar-refractivity contribution < 1.29 is 0 Å². The van der Waals surface area contributed by atoms with E-state index in [1.807, 2.05) is 0 Å². The van der Waals surface area contributed by atoms with E-state index in [9.17, 15) is 0 Å². The van der Waals surface area contributed by atoms with Crippen LogP contribution in [-0.2, 0) is 0 Å². The van der Waals surface area contributed by atoms with Gasteiger partial charge < -0.3 is 5.73 Å². The third-order valence-corrected chi connectivity index (χ3v) is 5.48. The predicted molar refractivity (Wildman–Crippen MR) is 78.5 cm³/mol. The molecule has 18 heavy (non-hydrogen) atoms. The summed E-state index contributed by atoms with van der Waals surface area (Å²) in [5, 5.41) is 0. The monoisotopic (exact) mass is 252 g/mol. The van der Waals surface area contributed by atoms with Gasteiger partial charge in [0.25, 0.3) is 0 Å². The summed E-state index contributed by atoms with van der Waals surface area (Å²) < 4.78 is 0. The second-order valence-corrected chi connectivity index (χ2v) is 6.84. The van der Waals surface area contributed by atoms with Crippen molar-refractivity contribution in [2.45, 2.75) is 71.4 Å². The lowest BCUT2D eigenvalue weighted by molar-refractivity contribution is 0.0556. The first-order valence-electron chi connectivity index (χ1n) is 8.13. The van der Waals surface area contributed by atoms with Crippen LogP contribution in [0.2, 0.25) is 0 Å². The average molecular weight is 252 g/mol. The molecule has 2 nitrogen and oxygen atoms in total. The van der Waals surface area contributed by atoms with E-state index in [1.54, 1.807) is 0 Å². The van der Waals surface area contributed by atoms with Crippen LogP contribution in [0.4, 0.5) is 0 Å². The molecule has 1 saturated carbocycles. The normalized spacial score (nSPS) is 38.5. The Morgan fingerprint density at radius 2 is 2.00 bits per heavy atom. The zero-order valence-electron chi connectivity index (χ0n) is 12.6. The molecule has 2 aliphatic rings. The lowest BCUT2D eigenvalue weighted by Crippen LogP contribution is -2.50. The molecule has 106 valence electrons. The molecule has 0 radical (unpaired) electrons. The topological polar surface area (TPSA) is 29.3 Å². The van der Waals surface area contributed by atoms with Crippen LogP contribution in [0.5, 0.6) is 0 Å². The van der Waals surface area contributed by atoms with Gasteiger partial charge in [-0.1, -0.05) is 33.6 Å². The van der Waals surface area contributed by atoms with Gasteiger partial charge in [-0.3, -0.25) is 4.90 Å². The maximum absolute atomic E-state index is 6.04. The Hall–Kier alpha value is -0.0800. The molecule has 0 amide bonds. The molecule has 4 unspecified atom stereocenters. The first-order chi connectivity index (χ1) is 8.67. The standard InChI is InChI=1S/C16H32N2/c1-4-13-7-8-14(11-17)16(10-13)18-9-5-6-15(18)12(2)3/h12-16H,4-11,17H2,1-3H3. The molecule has 2 heteroatoms. The fourth-order valence-corrected chi connectivity index (χ4v) is 4.29. The second kappa shape index (κ2) is 6.38. The predicted octanol–water partition coefficient (Wildman–Crippen LogP) is 3.26. The number of nitrogens with zero attached hydrogens (tertiary/aromatic N) is 1. The SMILES string of the molecule is CCC1CCC(CN)C(N2CCCC2C(C)C)C1. The molecule has 0 aromatic heterocycles. The van der Waals surface area contributed by atoms with Crippen molar-refractivity contribution in [3.8, 4) is 0 Å². The van der Waals surface area contributed by atoms with Crippen molar-refractivity contribution in [1.82, 2.24) is 4.90 Å². The quantitative estimate of drug-likeness (QED) is 0.832. The highest BCUT2D eigenvalue weighted by atomic mass is 15.2. The van der Waals surface area contributed by atoms with E-state index in [-0.39, 0.29) is 0 Å². The molecule has 0 aromatic rings. The van der Waals surface area contributed by atoms with E-state index in [2.05, 4.69) is 25.7 Å². The minimum Gasteiger partial charge on any atom is -0.330 e. The van der Waals surface area contributed by atoms with Gasteiger partial charge >= 0.3 is 0 Å². The van der Waals surface area contributed by atoms with Crippen molar-refractivity contribution in [1.29, 1.82) is 0 Å². The van der Waals surface area contributed by atoms with Crippen molar-refractivity contribution in [2.24, 2.45) is 23.5 Å². The zero-order chi connectivity index (χ0) is 13.1.